The molecule has 4 aromatic carbocycles. The fraction of sp³-hybridized carbons (Fsp3) is 0. The topological polar surface area (TPSA) is 118 Å². The molecule has 0 aliphatic heterocycles. The molecule has 40 heavy (non-hydrogen) atoms. The Morgan fingerprint density at radius 2 is 1.48 bits per heavy atom. The molecule has 0 spiro atoms. The molecule has 0 saturated carbocycles. The van der Waals surface area contributed by atoms with Gasteiger partial charge in [-0.3, -0.25) is 24.5 Å². The van der Waals surface area contributed by atoms with Gasteiger partial charge in [-0.25, -0.2) is 0 Å². The Bertz CT molecular complexity index is 1610. The number of halogens is 1. The number of carbonyl (C=O) groups is 3. The molecule has 0 aliphatic rings. The monoisotopic (exact) mass is 595 g/mol. The number of anilines is 1. The zero-order valence-corrected chi connectivity index (χ0v) is 22.5. The van der Waals surface area contributed by atoms with E-state index in [1.807, 2.05) is 18.2 Å². The van der Waals surface area contributed by atoms with Gasteiger partial charge in [-0.15, -0.1) is 0 Å². The van der Waals surface area contributed by atoms with Gasteiger partial charge < -0.3 is 10.6 Å². The van der Waals surface area contributed by atoms with Crippen LogP contribution in [-0.4, -0.2) is 22.5 Å². The second-order valence-electron chi connectivity index (χ2n) is 8.51. The summed E-state index contributed by atoms with van der Waals surface area (Å²) >= 11 is 3.41. The van der Waals surface area contributed by atoms with Crippen LogP contribution < -0.4 is 10.6 Å². The van der Waals surface area contributed by atoms with Crippen molar-refractivity contribution in [2.75, 3.05) is 5.32 Å². The van der Waals surface area contributed by atoms with Gasteiger partial charge in [0.2, 0.25) is 0 Å². The van der Waals surface area contributed by atoms with Gasteiger partial charge in [-0.1, -0.05) is 52.3 Å². The van der Waals surface area contributed by atoms with Crippen LogP contribution in [0.2, 0.25) is 0 Å². The largest absolute Gasteiger partial charge is 0.321 e. The van der Waals surface area contributed by atoms with Gasteiger partial charge in [-0.05, 0) is 83.9 Å². The van der Waals surface area contributed by atoms with Crippen LogP contribution in [0.1, 0.15) is 31.8 Å². The first-order chi connectivity index (χ1) is 19.3. The van der Waals surface area contributed by atoms with Crippen LogP contribution in [0, 0.1) is 10.1 Å². The zero-order chi connectivity index (χ0) is 28.5. The number of non-ortho nitro benzene ring substituents is 1. The fourth-order valence-electron chi connectivity index (χ4n) is 3.60. The van der Waals surface area contributed by atoms with E-state index in [2.05, 4.69) is 26.6 Å². The summed E-state index contributed by atoms with van der Waals surface area (Å²) in [5.41, 5.74) is 2.57. The molecule has 0 aliphatic carbocycles. The third kappa shape index (κ3) is 7.68. The highest BCUT2D eigenvalue weighted by molar-refractivity contribution is 9.10. The van der Waals surface area contributed by atoms with Crippen molar-refractivity contribution in [1.29, 1.82) is 0 Å². The molecule has 0 aromatic heterocycles. The maximum Gasteiger partial charge on any atom is 0.272 e. The lowest BCUT2D eigenvalue weighted by molar-refractivity contribution is -0.384. The number of amides is 2. The first kappa shape index (κ1) is 27.9. The number of nitro groups is 1. The average molecular weight is 596 g/mol. The van der Waals surface area contributed by atoms with E-state index in [0.29, 0.717) is 27.9 Å². The summed E-state index contributed by atoms with van der Waals surface area (Å²) in [4.78, 5) is 48.8. The highest BCUT2D eigenvalue weighted by Gasteiger charge is 2.15. The molecule has 0 atom stereocenters. The summed E-state index contributed by atoms with van der Waals surface area (Å²) in [7, 11) is 0. The highest BCUT2D eigenvalue weighted by Crippen LogP contribution is 2.17. The number of rotatable bonds is 9. The maximum absolute atomic E-state index is 13.2. The first-order valence-electron chi connectivity index (χ1n) is 12.0. The molecule has 0 fully saturated rings. The molecule has 0 heterocycles. The van der Waals surface area contributed by atoms with Crippen LogP contribution >= 0.6 is 15.9 Å². The van der Waals surface area contributed by atoms with E-state index in [-0.39, 0.29) is 17.2 Å². The number of nitrogens with one attached hydrogen (secondary N) is 2. The number of hydrogen-bond acceptors (Lipinski definition) is 5. The zero-order valence-electron chi connectivity index (χ0n) is 20.9. The van der Waals surface area contributed by atoms with Gasteiger partial charge in [0.1, 0.15) is 5.70 Å². The molecule has 9 heteroatoms. The predicted molar refractivity (Wildman–Crippen MR) is 158 cm³/mol. The van der Waals surface area contributed by atoms with E-state index in [9.17, 15) is 24.5 Å². The van der Waals surface area contributed by atoms with E-state index < -0.39 is 16.7 Å². The van der Waals surface area contributed by atoms with Crippen LogP contribution in [-0.2, 0) is 4.79 Å². The number of carbonyl (C=O) groups excluding carboxylic acids is 3. The molecule has 4 aromatic rings. The second-order valence-corrected chi connectivity index (χ2v) is 9.43. The molecule has 0 radical (unpaired) electrons. The van der Waals surface area contributed by atoms with Crippen LogP contribution in [0.3, 0.4) is 0 Å². The van der Waals surface area contributed by atoms with Crippen molar-refractivity contribution in [3.05, 3.63) is 152 Å². The third-order valence-electron chi connectivity index (χ3n) is 5.65. The van der Waals surface area contributed by atoms with Gasteiger partial charge in [0.25, 0.3) is 17.5 Å². The number of hydrogen-bond donors (Lipinski definition) is 2. The Morgan fingerprint density at radius 3 is 2.12 bits per heavy atom. The van der Waals surface area contributed by atoms with E-state index in [1.165, 1.54) is 18.2 Å². The normalized spacial score (nSPS) is 11.2. The summed E-state index contributed by atoms with van der Waals surface area (Å²) < 4.78 is 0.818. The van der Waals surface area contributed by atoms with Crippen LogP contribution in [0.15, 0.2) is 119 Å². The minimum absolute atomic E-state index is 0.0321. The number of benzene rings is 4. The predicted octanol–water partition coefficient (Wildman–Crippen LogP) is 6.66. The Morgan fingerprint density at radius 1 is 0.775 bits per heavy atom. The molecule has 2 N–H and O–H groups in total. The Kier molecular flexibility index (Phi) is 9.11. The summed E-state index contributed by atoms with van der Waals surface area (Å²) in [6.45, 7) is 0. The van der Waals surface area contributed by atoms with E-state index in [4.69, 9.17) is 0 Å². The van der Waals surface area contributed by atoms with Gasteiger partial charge in [0.05, 0.1) is 4.92 Å². The van der Waals surface area contributed by atoms with Crippen molar-refractivity contribution in [2.45, 2.75) is 0 Å². The number of nitrogens with zero attached hydrogens (tertiary/aromatic N) is 1. The number of nitro benzene ring substituents is 1. The van der Waals surface area contributed by atoms with E-state index >= 15 is 0 Å². The fourth-order valence-corrected chi connectivity index (χ4v) is 4.01. The highest BCUT2D eigenvalue weighted by atomic mass is 79.9. The molecular formula is C31H22BrN3O5. The second kappa shape index (κ2) is 13.1. The molecule has 0 saturated heterocycles. The summed E-state index contributed by atoms with van der Waals surface area (Å²) in [5, 5.41) is 16.2. The molecule has 4 rings (SSSR count). The minimum Gasteiger partial charge on any atom is -0.321 e. The smallest absolute Gasteiger partial charge is 0.272 e. The molecule has 0 unspecified atom stereocenters. The quantitative estimate of drug-likeness (QED) is 0.0970. The lowest BCUT2D eigenvalue weighted by atomic mass is 10.1. The minimum atomic E-state index is -0.540. The van der Waals surface area contributed by atoms with Gasteiger partial charge >= 0.3 is 0 Å². The van der Waals surface area contributed by atoms with Crippen molar-refractivity contribution in [1.82, 2.24) is 5.32 Å². The van der Waals surface area contributed by atoms with Crippen molar-refractivity contribution in [3.63, 3.8) is 0 Å². The Balaban J connectivity index is 1.47. The van der Waals surface area contributed by atoms with Crippen LogP contribution in [0.4, 0.5) is 11.4 Å². The Labute approximate surface area is 238 Å². The van der Waals surface area contributed by atoms with E-state index in [1.54, 1.807) is 84.9 Å². The van der Waals surface area contributed by atoms with Gasteiger partial charge in [0, 0.05) is 33.4 Å². The standard InChI is InChI=1S/C31H22BrN3O5/c32-25-8-4-5-22(19-25)20-28(34-30(37)24-6-2-1-3-7-24)31(38)33-26-14-12-23(13-15-26)29(36)18-11-21-9-16-27(17-10-21)35(39)40/h1-20H,(H,33,38)(H,34,37)/b18-11+,28-20-. The molecule has 2 amide bonds. The van der Waals surface area contributed by atoms with Crippen LogP contribution in [0.5, 0.6) is 0 Å². The van der Waals surface area contributed by atoms with Gasteiger partial charge in [-0.2, -0.15) is 0 Å². The lowest BCUT2D eigenvalue weighted by Crippen LogP contribution is -2.30. The third-order valence-corrected chi connectivity index (χ3v) is 6.14. The summed E-state index contributed by atoms with van der Waals surface area (Å²) in [6.07, 6.45) is 4.50. The van der Waals surface area contributed by atoms with Crippen molar-refractivity contribution >= 4 is 57.1 Å². The Hall–Kier alpha value is -5.15. The molecule has 8 nitrogen and oxygen atoms in total. The van der Waals surface area contributed by atoms with E-state index in [0.717, 1.165) is 4.47 Å². The number of ketones is 1. The maximum atomic E-state index is 13.2. The molecule has 0 bridgehead atoms. The molecule has 198 valence electrons. The van der Waals surface area contributed by atoms with Crippen molar-refractivity contribution < 1.29 is 19.3 Å². The molecular weight excluding hydrogens is 574 g/mol. The first-order valence-corrected chi connectivity index (χ1v) is 12.8. The summed E-state index contributed by atoms with van der Waals surface area (Å²) in [5.74, 6) is -1.25. The van der Waals surface area contributed by atoms with Crippen LogP contribution in [0.25, 0.3) is 12.2 Å². The summed E-state index contributed by atoms with van der Waals surface area (Å²) in [6, 6.07) is 28.0. The van der Waals surface area contributed by atoms with Gasteiger partial charge in [0.15, 0.2) is 5.78 Å². The number of allylic oxidation sites excluding steroid dienone is 1. The van der Waals surface area contributed by atoms with Crippen molar-refractivity contribution in [3.8, 4) is 0 Å². The average Bonchev–Trinajstić information content (AvgIpc) is 2.96. The lowest BCUT2D eigenvalue weighted by Gasteiger charge is -2.12. The SMILES string of the molecule is O=C(Nc1ccc(C(=O)/C=C/c2ccc([N+](=O)[O-])cc2)cc1)/C(=C/c1cccc(Br)c1)NC(=O)c1ccccc1. The van der Waals surface area contributed by atoms with Crippen molar-refractivity contribution in [2.24, 2.45) is 0 Å².